The normalized spacial score (nSPS) is 16.2. The predicted octanol–water partition coefficient (Wildman–Crippen LogP) is 0.629. The van der Waals surface area contributed by atoms with Crippen molar-refractivity contribution < 1.29 is 4.79 Å². The molecule has 0 fully saturated rings. The van der Waals surface area contributed by atoms with Crippen LogP contribution in [0, 0.1) is 0 Å². The number of carbonyl (C=O) groups excluding carboxylic acids is 1. The highest BCUT2D eigenvalue weighted by atomic mass is 32.2. The van der Waals surface area contributed by atoms with Crippen LogP contribution in [0.4, 0.5) is 0 Å². The van der Waals surface area contributed by atoms with E-state index in [9.17, 15) is 4.79 Å². The fraction of sp³-hybridized carbons (Fsp3) is 0.200. The molecule has 0 aromatic carbocycles. The molecule has 1 aliphatic rings. The van der Waals surface area contributed by atoms with Crippen molar-refractivity contribution in [1.29, 1.82) is 0 Å². The molecule has 4 heteroatoms. The van der Waals surface area contributed by atoms with Gasteiger partial charge in [-0.05, 0) is 0 Å². The lowest BCUT2D eigenvalue weighted by Crippen LogP contribution is -2.04. The van der Waals surface area contributed by atoms with Crippen molar-refractivity contribution >= 4 is 17.7 Å². The minimum absolute atomic E-state index is 0.132. The number of hydrogen-bond donors (Lipinski definition) is 0. The monoisotopic (exact) mass is 140 g/mol. The van der Waals surface area contributed by atoms with Crippen molar-refractivity contribution in [3.63, 3.8) is 0 Å². The molecule has 2 heterocycles. The maximum absolute atomic E-state index is 10.8. The molecular weight excluding hydrogens is 136 g/mol. The van der Waals surface area contributed by atoms with Crippen molar-refractivity contribution in [2.75, 3.05) is 5.75 Å². The molecule has 0 atom stereocenters. The summed E-state index contributed by atoms with van der Waals surface area (Å²) in [5, 5.41) is 0.819. The zero-order valence-corrected chi connectivity index (χ0v) is 5.39. The molecule has 0 amide bonds. The van der Waals surface area contributed by atoms with Gasteiger partial charge in [0.1, 0.15) is 0 Å². The Bertz CT molecular complexity index is 255. The topological polar surface area (TPSA) is 34.9 Å². The van der Waals surface area contributed by atoms with Gasteiger partial charge in [-0.15, -0.1) is 0 Å². The van der Waals surface area contributed by atoms with Crippen molar-refractivity contribution in [2.45, 2.75) is 5.16 Å². The predicted molar refractivity (Wildman–Crippen MR) is 33.6 cm³/mol. The first-order valence-electron chi connectivity index (χ1n) is 2.57. The molecule has 9 heavy (non-hydrogen) atoms. The van der Waals surface area contributed by atoms with E-state index in [4.69, 9.17) is 0 Å². The van der Waals surface area contributed by atoms with Gasteiger partial charge in [0.25, 0.3) is 0 Å². The second-order valence-corrected chi connectivity index (χ2v) is 2.70. The Morgan fingerprint density at radius 2 is 2.67 bits per heavy atom. The molecule has 0 bridgehead atoms. The van der Waals surface area contributed by atoms with Crippen molar-refractivity contribution in [3.05, 3.63) is 12.4 Å². The Morgan fingerprint density at radius 3 is 3.44 bits per heavy atom. The second-order valence-electron chi connectivity index (χ2n) is 1.76. The van der Waals surface area contributed by atoms with Crippen LogP contribution in [-0.4, -0.2) is 21.2 Å². The minimum atomic E-state index is 0.132. The lowest BCUT2D eigenvalue weighted by molar-refractivity contribution is 0.0939. The summed E-state index contributed by atoms with van der Waals surface area (Å²) in [6, 6.07) is 0. The summed E-state index contributed by atoms with van der Waals surface area (Å²) < 4.78 is 1.57. The molecule has 0 radical (unpaired) electrons. The third kappa shape index (κ3) is 0.595. The number of carbonyl (C=O) groups is 1. The molecule has 0 unspecified atom stereocenters. The average molecular weight is 140 g/mol. The third-order valence-electron chi connectivity index (χ3n) is 1.20. The Kier molecular flexibility index (Phi) is 0.900. The van der Waals surface area contributed by atoms with Crippen LogP contribution in [0.3, 0.4) is 0 Å². The van der Waals surface area contributed by atoms with Gasteiger partial charge in [0.2, 0.25) is 5.91 Å². The number of fused-ring (bicyclic) bond motifs is 1. The highest BCUT2D eigenvalue weighted by Gasteiger charge is 2.18. The molecule has 3 nitrogen and oxygen atoms in total. The van der Waals surface area contributed by atoms with Crippen LogP contribution < -0.4 is 0 Å². The van der Waals surface area contributed by atoms with E-state index in [0.29, 0.717) is 5.75 Å². The molecule has 0 saturated heterocycles. The van der Waals surface area contributed by atoms with Crippen LogP contribution in [-0.2, 0) is 0 Å². The van der Waals surface area contributed by atoms with Gasteiger partial charge in [-0.3, -0.25) is 9.36 Å². The van der Waals surface area contributed by atoms with Gasteiger partial charge < -0.3 is 0 Å². The van der Waals surface area contributed by atoms with Crippen LogP contribution in [0.15, 0.2) is 17.6 Å². The number of thioether (sulfide) groups is 1. The SMILES string of the molecule is O=C1CSc2nccn21. The molecule has 1 aromatic rings. The lowest BCUT2D eigenvalue weighted by Gasteiger charge is -1.85. The van der Waals surface area contributed by atoms with Gasteiger partial charge in [-0.2, -0.15) is 0 Å². The van der Waals surface area contributed by atoms with Gasteiger partial charge in [-0.1, -0.05) is 11.8 Å². The van der Waals surface area contributed by atoms with Gasteiger partial charge in [-0.25, -0.2) is 4.98 Å². The molecule has 0 saturated carbocycles. The van der Waals surface area contributed by atoms with E-state index < -0.39 is 0 Å². The van der Waals surface area contributed by atoms with Crippen LogP contribution >= 0.6 is 11.8 Å². The van der Waals surface area contributed by atoms with E-state index in [1.54, 1.807) is 17.0 Å². The van der Waals surface area contributed by atoms with Gasteiger partial charge in [0.15, 0.2) is 5.16 Å². The molecule has 0 aliphatic carbocycles. The molecule has 1 aromatic heterocycles. The summed E-state index contributed by atoms with van der Waals surface area (Å²) in [7, 11) is 0. The first-order valence-corrected chi connectivity index (χ1v) is 3.56. The lowest BCUT2D eigenvalue weighted by atomic mass is 10.7. The zero-order chi connectivity index (χ0) is 6.27. The highest BCUT2D eigenvalue weighted by Crippen LogP contribution is 2.22. The first kappa shape index (κ1) is 5.05. The van der Waals surface area contributed by atoms with E-state index in [-0.39, 0.29) is 5.91 Å². The summed E-state index contributed by atoms with van der Waals surface area (Å²) >= 11 is 1.48. The fourth-order valence-corrected chi connectivity index (χ4v) is 1.61. The molecule has 46 valence electrons. The van der Waals surface area contributed by atoms with Gasteiger partial charge in [0, 0.05) is 12.4 Å². The number of aromatic nitrogens is 2. The van der Waals surface area contributed by atoms with E-state index in [0.717, 1.165) is 5.16 Å². The van der Waals surface area contributed by atoms with Crippen molar-refractivity contribution in [1.82, 2.24) is 9.55 Å². The number of nitrogens with zero attached hydrogens (tertiary/aromatic N) is 2. The van der Waals surface area contributed by atoms with E-state index in [2.05, 4.69) is 4.98 Å². The molecule has 0 spiro atoms. The molecule has 1 aliphatic heterocycles. The quantitative estimate of drug-likeness (QED) is 0.530. The van der Waals surface area contributed by atoms with Crippen LogP contribution in [0.5, 0.6) is 0 Å². The molecule has 0 N–H and O–H groups in total. The summed E-state index contributed by atoms with van der Waals surface area (Å²) in [5.41, 5.74) is 0. The fourth-order valence-electron chi connectivity index (χ4n) is 0.782. The van der Waals surface area contributed by atoms with Crippen molar-refractivity contribution in [3.8, 4) is 0 Å². The Balaban J connectivity index is 2.61. The largest absolute Gasteiger partial charge is 0.273 e. The Morgan fingerprint density at radius 1 is 1.78 bits per heavy atom. The Hall–Kier alpha value is -0.770. The minimum Gasteiger partial charge on any atom is -0.273 e. The zero-order valence-electron chi connectivity index (χ0n) is 4.57. The summed E-state index contributed by atoms with van der Waals surface area (Å²) in [6.07, 6.45) is 3.33. The van der Waals surface area contributed by atoms with Gasteiger partial charge >= 0.3 is 0 Å². The first-order chi connectivity index (χ1) is 4.38. The summed E-state index contributed by atoms with van der Waals surface area (Å²) in [5.74, 6) is 0.677. The second kappa shape index (κ2) is 1.60. The maximum Gasteiger partial charge on any atom is 0.243 e. The Labute approximate surface area is 56.1 Å². The molecule has 2 rings (SSSR count). The van der Waals surface area contributed by atoms with Crippen LogP contribution in [0.1, 0.15) is 4.79 Å². The maximum atomic E-state index is 10.8. The summed E-state index contributed by atoms with van der Waals surface area (Å²) in [6.45, 7) is 0. The average Bonchev–Trinajstić information content (AvgIpc) is 2.35. The molecular formula is C5H4N2OS. The van der Waals surface area contributed by atoms with E-state index >= 15 is 0 Å². The standard InChI is InChI=1S/C5H4N2OS/c8-4-3-9-5-6-1-2-7(4)5/h1-2H,3H2. The van der Waals surface area contributed by atoms with Crippen LogP contribution in [0.2, 0.25) is 0 Å². The number of hydrogen-bond acceptors (Lipinski definition) is 3. The van der Waals surface area contributed by atoms with Crippen LogP contribution in [0.25, 0.3) is 0 Å². The third-order valence-corrected chi connectivity index (χ3v) is 2.15. The smallest absolute Gasteiger partial charge is 0.243 e. The van der Waals surface area contributed by atoms with E-state index in [1.807, 2.05) is 0 Å². The number of imidazole rings is 1. The highest BCUT2D eigenvalue weighted by molar-refractivity contribution is 8.00. The van der Waals surface area contributed by atoms with E-state index in [1.165, 1.54) is 11.8 Å². The summed E-state index contributed by atoms with van der Waals surface area (Å²) in [4.78, 5) is 14.8. The number of rotatable bonds is 0. The van der Waals surface area contributed by atoms with Crippen molar-refractivity contribution in [2.24, 2.45) is 0 Å². The van der Waals surface area contributed by atoms with Gasteiger partial charge in [0.05, 0.1) is 5.75 Å².